The molecule has 0 saturated carbocycles. The Kier molecular flexibility index (Phi) is 4.73. The lowest BCUT2D eigenvalue weighted by molar-refractivity contribution is -0.131. The van der Waals surface area contributed by atoms with Crippen LogP contribution in [0.25, 0.3) is 11.5 Å². The summed E-state index contributed by atoms with van der Waals surface area (Å²) in [6, 6.07) is 9.02. The van der Waals surface area contributed by atoms with E-state index in [1.807, 2.05) is 0 Å². The molecule has 1 saturated heterocycles. The van der Waals surface area contributed by atoms with Gasteiger partial charge >= 0.3 is 6.03 Å². The lowest BCUT2D eigenvalue weighted by Gasteiger charge is -2.22. The molecule has 3 amide bonds. The number of carbonyl (C=O) groups is 2. The third-order valence-electron chi connectivity index (χ3n) is 4.95. The molecule has 1 aliphatic heterocycles. The van der Waals surface area contributed by atoms with Crippen LogP contribution in [0.1, 0.15) is 18.2 Å². The molecule has 0 aliphatic carbocycles. The Morgan fingerprint density at radius 2 is 1.90 bits per heavy atom. The van der Waals surface area contributed by atoms with Gasteiger partial charge in [-0.2, -0.15) is 0 Å². The number of nitrogens with zero attached hydrogens (tertiary/aromatic N) is 2. The molecule has 1 unspecified atom stereocenters. The van der Waals surface area contributed by atoms with Gasteiger partial charge < -0.3 is 14.5 Å². The molecule has 4 rings (SSSR count). The smallest absolute Gasteiger partial charge is 0.325 e. The van der Waals surface area contributed by atoms with Crippen LogP contribution in [0, 0.1) is 11.6 Å². The molecule has 1 aromatic heterocycles. The van der Waals surface area contributed by atoms with Crippen molar-refractivity contribution in [3.63, 3.8) is 0 Å². The number of imide groups is 1. The monoisotopic (exact) mass is 413 g/mol. The molecule has 0 spiro atoms. The summed E-state index contributed by atoms with van der Waals surface area (Å²) < 4.78 is 38.4. The zero-order valence-corrected chi connectivity index (χ0v) is 16.1. The Labute approximate surface area is 170 Å². The van der Waals surface area contributed by atoms with Gasteiger partial charge in [-0.05, 0) is 49.4 Å². The van der Waals surface area contributed by atoms with Crippen molar-refractivity contribution in [2.24, 2.45) is 0 Å². The first-order chi connectivity index (χ1) is 14.3. The highest BCUT2D eigenvalue weighted by atomic mass is 19.1. The van der Waals surface area contributed by atoms with Crippen LogP contribution in [0.2, 0.25) is 0 Å². The second-order valence-electron chi connectivity index (χ2n) is 6.94. The van der Waals surface area contributed by atoms with E-state index in [0.717, 1.165) is 23.1 Å². The van der Waals surface area contributed by atoms with Gasteiger partial charge in [-0.3, -0.25) is 9.69 Å². The van der Waals surface area contributed by atoms with Crippen molar-refractivity contribution < 1.29 is 27.5 Å². The number of aromatic nitrogens is 1. The molecule has 0 radical (unpaired) electrons. The predicted molar refractivity (Wildman–Crippen MR) is 101 cm³/mol. The number of halogens is 2. The van der Waals surface area contributed by atoms with E-state index in [4.69, 9.17) is 9.15 Å². The molecule has 1 fully saturated rings. The number of hydrogen-bond donors (Lipinski definition) is 1. The molecular formula is C21H17F2N3O4. The molecule has 30 heavy (non-hydrogen) atoms. The topological polar surface area (TPSA) is 84.7 Å². The van der Waals surface area contributed by atoms with Crippen molar-refractivity contribution in [1.29, 1.82) is 0 Å². The first-order valence-electron chi connectivity index (χ1n) is 9.00. The van der Waals surface area contributed by atoms with Crippen LogP contribution >= 0.6 is 0 Å². The molecule has 2 aromatic carbocycles. The zero-order valence-electron chi connectivity index (χ0n) is 16.1. The Morgan fingerprint density at radius 3 is 2.60 bits per heavy atom. The highest BCUT2D eigenvalue weighted by Crippen LogP contribution is 2.32. The van der Waals surface area contributed by atoms with Crippen LogP contribution in [0.3, 0.4) is 0 Å². The van der Waals surface area contributed by atoms with Gasteiger partial charge in [0.15, 0.2) is 0 Å². The maximum Gasteiger partial charge on any atom is 0.325 e. The van der Waals surface area contributed by atoms with E-state index in [-0.39, 0.29) is 12.1 Å². The van der Waals surface area contributed by atoms with E-state index in [9.17, 15) is 18.4 Å². The van der Waals surface area contributed by atoms with Crippen molar-refractivity contribution in [3.05, 3.63) is 71.6 Å². The maximum atomic E-state index is 14.2. The van der Waals surface area contributed by atoms with Crippen molar-refractivity contribution in [1.82, 2.24) is 15.2 Å². The summed E-state index contributed by atoms with van der Waals surface area (Å²) in [6.45, 7) is 1.15. The molecule has 7 nitrogen and oxygen atoms in total. The van der Waals surface area contributed by atoms with Crippen LogP contribution in [-0.4, -0.2) is 28.9 Å². The van der Waals surface area contributed by atoms with Gasteiger partial charge in [0, 0.05) is 11.1 Å². The Hall–Kier alpha value is -3.75. The molecule has 3 aromatic rings. The lowest BCUT2D eigenvalue weighted by atomic mass is 9.91. The van der Waals surface area contributed by atoms with E-state index in [1.165, 1.54) is 13.2 Å². The Morgan fingerprint density at radius 1 is 1.17 bits per heavy atom. The molecule has 1 atom stereocenters. The molecular weight excluding hydrogens is 396 g/mol. The van der Waals surface area contributed by atoms with Gasteiger partial charge in [0.25, 0.3) is 5.91 Å². The Balaban J connectivity index is 1.57. The van der Waals surface area contributed by atoms with Crippen molar-refractivity contribution in [3.8, 4) is 17.2 Å². The molecule has 1 N–H and O–H groups in total. The minimum absolute atomic E-state index is 0.184. The van der Waals surface area contributed by atoms with E-state index >= 15 is 0 Å². The van der Waals surface area contributed by atoms with Gasteiger partial charge in [0.05, 0.1) is 19.3 Å². The van der Waals surface area contributed by atoms with Crippen molar-refractivity contribution in [2.75, 3.05) is 7.11 Å². The van der Waals surface area contributed by atoms with E-state index in [2.05, 4.69) is 10.3 Å². The number of methoxy groups -OCH3 is 1. The SMILES string of the molecule is COc1ccc(-c2nc(CN3C(=O)NC(C)(c4cc(F)ccc4F)C3=O)co2)cc1. The first kappa shape index (κ1) is 19.6. The second kappa shape index (κ2) is 7.25. The van der Waals surface area contributed by atoms with Crippen LogP contribution < -0.4 is 10.1 Å². The highest BCUT2D eigenvalue weighted by molar-refractivity contribution is 6.07. The maximum absolute atomic E-state index is 14.2. The van der Waals surface area contributed by atoms with Crippen molar-refractivity contribution >= 4 is 11.9 Å². The number of urea groups is 1. The standard InChI is InChI=1S/C21H17F2N3O4/c1-21(16-9-13(22)5-8-17(16)23)19(27)26(20(28)25-21)10-14-11-30-18(24-14)12-3-6-15(29-2)7-4-12/h3-9,11H,10H2,1-2H3,(H,25,28). The number of amides is 3. The minimum atomic E-state index is -1.73. The quantitative estimate of drug-likeness (QED) is 0.646. The third kappa shape index (κ3) is 3.28. The van der Waals surface area contributed by atoms with E-state index < -0.39 is 29.1 Å². The summed E-state index contributed by atoms with van der Waals surface area (Å²) >= 11 is 0. The van der Waals surface area contributed by atoms with Crippen LogP contribution in [0.15, 0.2) is 53.1 Å². The van der Waals surface area contributed by atoms with Gasteiger partial charge in [0.2, 0.25) is 5.89 Å². The number of ether oxygens (including phenoxy) is 1. The largest absolute Gasteiger partial charge is 0.497 e. The predicted octanol–water partition coefficient (Wildman–Crippen LogP) is 3.60. The fraction of sp³-hybridized carbons (Fsp3) is 0.190. The van der Waals surface area contributed by atoms with Crippen LogP contribution in [0.4, 0.5) is 13.6 Å². The van der Waals surface area contributed by atoms with Gasteiger partial charge in [0.1, 0.15) is 29.2 Å². The number of nitrogens with one attached hydrogen (secondary N) is 1. The number of carbonyl (C=O) groups excluding carboxylic acids is 2. The first-order valence-corrected chi connectivity index (χ1v) is 9.00. The normalized spacial score (nSPS) is 18.6. The average molecular weight is 413 g/mol. The van der Waals surface area contributed by atoms with Gasteiger partial charge in [-0.15, -0.1) is 0 Å². The summed E-state index contributed by atoms with van der Waals surface area (Å²) in [6.07, 6.45) is 1.33. The summed E-state index contributed by atoms with van der Waals surface area (Å²) in [5.41, 5.74) is -0.965. The van der Waals surface area contributed by atoms with E-state index in [1.54, 1.807) is 31.4 Å². The molecule has 0 bridgehead atoms. The molecule has 154 valence electrons. The fourth-order valence-corrected chi connectivity index (χ4v) is 3.31. The lowest BCUT2D eigenvalue weighted by Crippen LogP contribution is -2.41. The third-order valence-corrected chi connectivity index (χ3v) is 4.95. The number of rotatable bonds is 5. The second-order valence-corrected chi connectivity index (χ2v) is 6.94. The van der Waals surface area contributed by atoms with E-state index in [0.29, 0.717) is 22.9 Å². The summed E-state index contributed by atoms with van der Waals surface area (Å²) in [5.74, 6) is -1.25. The summed E-state index contributed by atoms with van der Waals surface area (Å²) in [5, 5.41) is 2.44. The van der Waals surface area contributed by atoms with Gasteiger partial charge in [-0.1, -0.05) is 0 Å². The van der Waals surface area contributed by atoms with Gasteiger partial charge in [-0.25, -0.2) is 18.6 Å². The fourth-order valence-electron chi connectivity index (χ4n) is 3.31. The molecule has 1 aliphatic rings. The van der Waals surface area contributed by atoms with Crippen LogP contribution in [-0.2, 0) is 16.9 Å². The number of hydrogen-bond acceptors (Lipinski definition) is 5. The number of benzene rings is 2. The molecule has 2 heterocycles. The molecule has 9 heteroatoms. The minimum Gasteiger partial charge on any atom is -0.497 e. The Bertz CT molecular complexity index is 1130. The zero-order chi connectivity index (χ0) is 21.5. The number of oxazole rings is 1. The summed E-state index contributed by atoms with van der Waals surface area (Å²) in [4.78, 5) is 30.6. The van der Waals surface area contributed by atoms with Crippen LogP contribution in [0.5, 0.6) is 5.75 Å². The van der Waals surface area contributed by atoms with Crippen molar-refractivity contribution in [2.45, 2.75) is 19.0 Å². The average Bonchev–Trinajstić information content (AvgIpc) is 3.29. The highest BCUT2D eigenvalue weighted by Gasteiger charge is 2.50. The summed E-state index contributed by atoms with van der Waals surface area (Å²) in [7, 11) is 1.56.